The molecule has 1 amide bonds. The smallest absolute Gasteiger partial charge is 0.239 e. The minimum atomic E-state index is -0.558. The van der Waals surface area contributed by atoms with Crippen LogP contribution in [0.15, 0.2) is 24.3 Å². The van der Waals surface area contributed by atoms with Crippen LogP contribution in [-0.4, -0.2) is 46.3 Å². The molecule has 5 nitrogen and oxygen atoms in total. The number of carbonyl (C=O) groups is 1. The van der Waals surface area contributed by atoms with E-state index in [1.54, 1.807) is 36.1 Å². The van der Waals surface area contributed by atoms with Gasteiger partial charge in [-0.05, 0) is 49.8 Å². The molecular formula is C16H24N2O3. The number of carbonyl (C=O) groups excluding carboxylic acids is 1. The fourth-order valence-corrected chi connectivity index (χ4v) is 2.81. The largest absolute Gasteiger partial charge is 0.508 e. The van der Waals surface area contributed by atoms with Gasteiger partial charge in [0.2, 0.25) is 5.91 Å². The van der Waals surface area contributed by atoms with E-state index in [2.05, 4.69) is 0 Å². The summed E-state index contributed by atoms with van der Waals surface area (Å²) < 4.78 is 0. The number of piperidine rings is 1. The summed E-state index contributed by atoms with van der Waals surface area (Å²) in [5, 5.41) is 18.8. The van der Waals surface area contributed by atoms with E-state index in [4.69, 9.17) is 5.73 Å². The molecule has 0 radical (unpaired) electrons. The van der Waals surface area contributed by atoms with Crippen LogP contribution < -0.4 is 5.73 Å². The Morgan fingerprint density at radius 2 is 1.90 bits per heavy atom. The van der Waals surface area contributed by atoms with Gasteiger partial charge in [0.25, 0.3) is 0 Å². The number of benzene rings is 1. The van der Waals surface area contributed by atoms with Gasteiger partial charge < -0.3 is 20.8 Å². The van der Waals surface area contributed by atoms with Gasteiger partial charge >= 0.3 is 0 Å². The first-order valence-electron chi connectivity index (χ1n) is 7.47. The number of nitrogens with two attached hydrogens (primary N) is 1. The zero-order chi connectivity index (χ0) is 15.4. The Bertz CT molecular complexity index is 465. The van der Waals surface area contributed by atoms with Crippen LogP contribution in [0.3, 0.4) is 0 Å². The van der Waals surface area contributed by atoms with E-state index in [0.717, 1.165) is 18.4 Å². The summed E-state index contributed by atoms with van der Waals surface area (Å²) in [7, 11) is 0. The summed E-state index contributed by atoms with van der Waals surface area (Å²) in [6.07, 6.45) is 1.81. The zero-order valence-corrected chi connectivity index (χ0v) is 12.4. The summed E-state index contributed by atoms with van der Waals surface area (Å²) >= 11 is 0. The molecule has 116 valence electrons. The molecule has 1 aromatic rings. The van der Waals surface area contributed by atoms with Gasteiger partial charge in [-0.3, -0.25) is 4.79 Å². The Morgan fingerprint density at radius 1 is 1.33 bits per heavy atom. The first-order chi connectivity index (χ1) is 9.97. The number of nitrogens with zero attached hydrogens (tertiary/aromatic N) is 1. The molecule has 1 aliphatic rings. The Balaban J connectivity index is 1.87. The average Bonchev–Trinajstić information content (AvgIpc) is 2.49. The van der Waals surface area contributed by atoms with Crippen LogP contribution in [0, 0.1) is 5.92 Å². The number of phenolic OH excluding ortho intramolecular Hbond substituents is 1. The van der Waals surface area contributed by atoms with Gasteiger partial charge in [0.05, 0.1) is 12.1 Å². The van der Waals surface area contributed by atoms with E-state index in [1.807, 2.05) is 0 Å². The molecule has 1 unspecified atom stereocenters. The number of phenols is 1. The quantitative estimate of drug-likeness (QED) is 0.769. The van der Waals surface area contributed by atoms with Crippen LogP contribution >= 0.6 is 0 Å². The maximum absolute atomic E-state index is 12.3. The van der Waals surface area contributed by atoms with E-state index < -0.39 is 6.04 Å². The number of amides is 1. The van der Waals surface area contributed by atoms with E-state index in [-0.39, 0.29) is 23.7 Å². The maximum Gasteiger partial charge on any atom is 0.239 e. The molecule has 0 spiro atoms. The van der Waals surface area contributed by atoms with Crippen LogP contribution in [0.2, 0.25) is 0 Å². The van der Waals surface area contributed by atoms with Crippen LogP contribution in [0.4, 0.5) is 0 Å². The predicted octanol–water partition coefficient (Wildman–Crippen LogP) is 0.881. The molecule has 0 saturated carbocycles. The highest BCUT2D eigenvalue weighted by Gasteiger charge is 2.28. The van der Waals surface area contributed by atoms with Crippen molar-refractivity contribution in [2.75, 3.05) is 13.1 Å². The van der Waals surface area contributed by atoms with Crippen molar-refractivity contribution < 1.29 is 15.0 Å². The zero-order valence-electron chi connectivity index (χ0n) is 12.4. The van der Waals surface area contributed by atoms with Crippen molar-refractivity contribution >= 4 is 5.91 Å². The van der Waals surface area contributed by atoms with E-state index >= 15 is 0 Å². The van der Waals surface area contributed by atoms with Crippen LogP contribution in [0.25, 0.3) is 0 Å². The Labute approximate surface area is 125 Å². The number of hydrogen-bond acceptors (Lipinski definition) is 4. The molecule has 4 N–H and O–H groups in total. The van der Waals surface area contributed by atoms with Gasteiger partial charge in [-0.2, -0.15) is 0 Å². The minimum Gasteiger partial charge on any atom is -0.508 e. The van der Waals surface area contributed by atoms with Crippen LogP contribution in [0.5, 0.6) is 5.75 Å². The first-order valence-corrected chi connectivity index (χ1v) is 7.47. The number of aliphatic hydroxyl groups is 1. The summed E-state index contributed by atoms with van der Waals surface area (Å²) in [4.78, 5) is 14.1. The van der Waals surface area contributed by atoms with Crippen molar-refractivity contribution in [2.24, 2.45) is 11.7 Å². The SMILES string of the molecule is CC(O)C1CCN(C(=O)[C@@H](N)Cc2ccc(O)cc2)CC1. The van der Waals surface area contributed by atoms with Crippen LogP contribution in [0.1, 0.15) is 25.3 Å². The lowest BCUT2D eigenvalue weighted by Gasteiger charge is -2.34. The second-order valence-corrected chi connectivity index (χ2v) is 5.88. The molecule has 1 aromatic carbocycles. The fraction of sp³-hybridized carbons (Fsp3) is 0.562. The first kappa shape index (κ1) is 15.8. The van der Waals surface area contributed by atoms with Crippen molar-refractivity contribution in [1.82, 2.24) is 4.90 Å². The molecule has 1 fully saturated rings. The Hall–Kier alpha value is -1.59. The lowest BCUT2D eigenvalue weighted by atomic mass is 9.91. The molecule has 0 bridgehead atoms. The van der Waals surface area contributed by atoms with Gasteiger partial charge in [-0.25, -0.2) is 0 Å². The molecule has 1 saturated heterocycles. The topological polar surface area (TPSA) is 86.8 Å². The fourth-order valence-electron chi connectivity index (χ4n) is 2.81. The average molecular weight is 292 g/mol. The lowest BCUT2D eigenvalue weighted by Crippen LogP contribution is -2.48. The minimum absolute atomic E-state index is 0.0351. The maximum atomic E-state index is 12.3. The molecule has 2 atom stereocenters. The van der Waals surface area contributed by atoms with Gasteiger partial charge in [-0.1, -0.05) is 12.1 Å². The van der Waals surface area contributed by atoms with Crippen molar-refractivity contribution in [2.45, 2.75) is 38.3 Å². The number of aliphatic hydroxyl groups excluding tert-OH is 1. The predicted molar refractivity (Wildman–Crippen MR) is 80.8 cm³/mol. The summed E-state index contributed by atoms with van der Waals surface area (Å²) in [6.45, 7) is 3.13. The Morgan fingerprint density at radius 3 is 2.43 bits per heavy atom. The van der Waals surface area contributed by atoms with Crippen molar-refractivity contribution in [3.63, 3.8) is 0 Å². The van der Waals surface area contributed by atoms with Crippen molar-refractivity contribution in [3.8, 4) is 5.75 Å². The van der Waals surface area contributed by atoms with Gasteiger partial charge in [0.1, 0.15) is 5.75 Å². The number of rotatable bonds is 4. The highest BCUT2D eigenvalue weighted by Crippen LogP contribution is 2.21. The number of likely N-dealkylation sites (tertiary alicyclic amines) is 1. The van der Waals surface area contributed by atoms with E-state index in [0.29, 0.717) is 19.5 Å². The highest BCUT2D eigenvalue weighted by molar-refractivity contribution is 5.82. The van der Waals surface area contributed by atoms with Crippen LogP contribution in [-0.2, 0) is 11.2 Å². The standard InChI is InChI=1S/C16H24N2O3/c1-11(19)13-6-8-18(9-7-13)16(21)15(17)10-12-2-4-14(20)5-3-12/h2-5,11,13,15,19-20H,6-10,17H2,1H3/t11?,15-/m0/s1. The van der Waals surface area contributed by atoms with Gasteiger partial charge in [-0.15, -0.1) is 0 Å². The monoisotopic (exact) mass is 292 g/mol. The number of hydrogen-bond donors (Lipinski definition) is 3. The molecule has 2 rings (SSSR count). The molecule has 5 heteroatoms. The summed E-state index contributed by atoms with van der Waals surface area (Å²) in [5.41, 5.74) is 6.95. The Kier molecular flexibility index (Phi) is 5.20. The molecule has 0 aromatic heterocycles. The summed E-state index contributed by atoms with van der Waals surface area (Å²) in [6, 6.07) is 6.20. The molecule has 21 heavy (non-hydrogen) atoms. The van der Waals surface area contributed by atoms with E-state index in [1.165, 1.54) is 0 Å². The van der Waals surface area contributed by atoms with Crippen molar-refractivity contribution in [3.05, 3.63) is 29.8 Å². The normalized spacial score (nSPS) is 19.3. The van der Waals surface area contributed by atoms with Gasteiger partial charge in [0, 0.05) is 13.1 Å². The number of aromatic hydroxyl groups is 1. The second-order valence-electron chi connectivity index (χ2n) is 5.88. The van der Waals surface area contributed by atoms with Crippen molar-refractivity contribution in [1.29, 1.82) is 0 Å². The molecule has 0 aliphatic carbocycles. The molecule has 1 heterocycles. The highest BCUT2D eigenvalue weighted by atomic mass is 16.3. The second kappa shape index (κ2) is 6.91. The van der Waals surface area contributed by atoms with E-state index in [9.17, 15) is 15.0 Å². The molecule has 1 aliphatic heterocycles. The summed E-state index contributed by atoms with van der Waals surface area (Å²) in [5.74, 6) is 0.452. The lowest BCUT2D eigenvalue weighted by molar-refractivity contribution is -0.134. The molecular weight excluding hydrogens is 268 g/mol. The van der Waals surface area contributed by atoms with Gasteiger partial charge in [0.15, 0.2) is 0 Å². The third-order valence-electron chi connectivity index (χ3n) is 4.24. The third-order valence-corrected chi connectivity index (χ3v) is 4.24. The third kappa shape index (κ3) is 4.19.